The summed E-state index contributed by atoms with van der Waals surface area (Å²) in [4.78, 5) is 25.8. The molecule has 4 N–H and O–H groups in total. The van der Waals surface area contributed by atoms with Gasteiger partial charge < -0.3 is 20.3 Å². The molecule has 1 aliphatic rings. The van der Waals surface area contributed by atoms with Gasteiger partial charge in [0.25, 0.3) is 0 Å². The van der Waals surface area contributed by atoms with Crippen molar-refractivity contribution in [1.82, 2.24) is 10.0 Å². The van der Waals surface area contributed by atoms with Crippen LogP contribution in [0, 0.1) is 11.8 Å². The van der Waals surface area contributed by atoms with Crippen molar-refractivity contribution in [3.63, 3.8) is 0 Å². The van der Waals surface area contributed by atoms with Crippen LogP contribution < -0.4 is 10.0 Å². The number of nitrogens with one attached hydrogen (secondary N) is 2. The van der Waals surface area contributed by atoms with Crippen LogP contribution >= 0.6 is 0 Å². The highest BCUT2D eigenvalue weighted by Crippen LogP contribution is 2.35. The number of hydrogen-bond donors (Lipinski definition) is 4. The predicted molar refractivity (Wildman–Crippen MR) is 170 cm³/mol. The SMILES string of the molecule is COC1CCC(CC(O)C(Cc2ccccc2)NC(=O)C(CS(=O)(=O)c2cccc3ccccc23)NS(C)(=O)=O)C(C(=O)O)C1. The van der Waals surface area contributed by atoms with E-state index in [1.165, 1.54) is 13.2 Å². The second-order valence-corrected chi connectivity index (χ2v) is 15.5. The molecule has 0 radical (unpaired) electrons. The van der Waals surface area contributed by atoms with Gasteiger partial charge >= 0.3 is 5.97 Å². The first-order valence-corrected chi connectivity index (χ1v) is 18.3. The van der Waals surface area contributed by atoms with Crippen LogP contribution in [0.1, 0.15) is 31.2 Å². The van der Waals surface area contributed by atoms with Gasteiger partial charge in [-0.15, -0.1) is 0 Å². The summed E-state index contributed by atoms with van der Waals surface area (Å²) in [6.07, 6.45) is 1.03. The van der Waals surface area contributed by atoms with Gasteiger partial charge in [0.15, 0.2) is 9.84 Å². The lowest BCUT2D eigenvalue weighted by Gasteiger charge is -2.36. The summed E-state index contributed by atoms with van der Waals surface area (Å²) in [7, 11) is -6.70. The lowest BCUT2D eigenvalue weighted by atomic mass is 9.74. The number of amides is 1. The molecule has 45 heavy (non-hydrogen) atoms. The highest BCUT2D eigenvalue weighted by Gasteiger charge is 2.39. The Balaban J connectivity index is 1.61. The molecule has 0 spiro atoms. The molecular weight excluding hydrogens is 620 g/mol. The second kappa shape index (κ2) is 14.8. The van der Waals surface area contributed by atoms with E-state index in [4.69, 9.17) is 4.74 Å². The van der Waals surface area contributed by atoms with Crippen molar-refractivity contribution in [2.45, 2.75) is 61.3 Å². The molecule has 1 amide bonds. The zero-order valence-electron chi connectivity index (χ0n) is 25.2. The van der Waals surface area contributed by atoms with Gasteiger partial charge in [-0.3, -0.25) is 9.59 Å². The van der Waals surface area contributed by atoms with E-state index in [0.717, 1.165) is 11.8 Å². The van der Waals surface area contributed by atoms with Gasteiger partial charge in [0, 0.05) is 12.5 Å². The third-order valence-electron chi connectivity index (χ3n) is 8.37. The molecular formula is C32H40N2O9S2. The zero-order chi connectivity index (χ0) is 32.8. The number of hydrogen-bond acceptors (Lipinski definition) is 8. The number of aliphatic hydroxyl groups is 1. The number of rotatable bonds is 14. The topological polar surface area (TPSA) is 176 Å². The average molecular weight is 661 g/mol. The van der Waals surface area contributed by atoms with E-state index in [-0.39, 0.29) is 23.8 Å². The molecule has 11 nitrogen and oxygen atoms in total. The average Bonchev–Trinajstić information content (AvgIpc) is 2.99. The molecule has 0 saturated heterocycles. The molecule has 0 aromatic heterocycles. The molecule has 0 heterocycles. The minimum atomic E-state index is -4.19. The highest BCUT2D eigenvalue weighted by molar-refractivity contribution is 7.92. The van der Waals surface area contributed by atoms with Crippen LogP contribution in [-0.4, -0.2) is 82.3 Å². The monoisotopic (exact) mass is 660 g/mol. The van der Waals surface area contributed by atoms with Crippen LogP contribution in [0.25, 0.3) is 10.8 Å². The van der Waals surface area contributed by atoms with Crippen LogP contribution in [0.3, 0.4) is 0 Å². The molecule has 4 rings (SSSR count). The van der Waals surface area contributed by atoms with Crippen molar-refractivity contribution in [2.75, 3.05) is 19.1 Å². The summed E-state index contributed by atoms with van der Waals surface area (Å²) in [5.74, 6) is -3.93. The Labute approximate surface area is 264 Å². The van der Waals surface area contributed by atoms with Crippen molar-refractivity contribution in [3.8, 4) is 0 Å². The molecule has 0 bridgehead atoms. The van der Waals surface area contributed by atoms with E-state index in [0.29, 0.717) is 30.0 Å². The molecule has 13 heteroatoms. The number of sulfonamides is 1. The molecule has 1 saturated carbocycles. The number of carboxylic acid groups (broad SMARTS) is 1. The number of aliphatic carboxylic acids is 1. The fourth-order valence-electron chi connectivity index (χ4n) is 6.10. The van der Waals surface area contributed by atoms with Crippen molar-refractivity contribution >= 4 is 42.5 Å². The number of sulfone groups is 1. The fourth-order valence-corrected chi connectivity index (χ4v) is 8.57. The minimum Gasteiger partial charge on any atom is -0.481 e. The molecule has 1 aliphatic carbocycles. The normalized spacial score (nSPS) is 21.1. The second-order valence-electron chi connectivity index (χ2n) is 11.7. The molecule has 1 fully saturated rings. The first-order valence-electron chi connectivity index (χ1n) is 14.7. The third-order valence-corrected chi connectivity index (χ3v) is 10.9. The number of aliphatic hydroxyl groups excluding tert-OH is 1. The maximum atomic E-state index is 13.7. The molecule has 3 aromatic rings. The van der Waals surface area contributed by atoms with E-state index in [1.54, 1.807) is 60.7 Å². The van der Waals surface area contributed by atoms with E-state index in [2.05, 4.69) is 10.0 Å². The molecule has 0 aliphatic heterocycles. The summed E-state index contributed by atoms with van der Waals surface area (Å²) >= 11 is 0. The minimum absolute atomic E-state index is 0.0408. The smallest absolute Gasteiger partial charge is 0.306 e. The number of carbonyl (C=O) groups is 2. The van der Waals surface area contributed by atoms with Crippen LogP contribution in [-0.2, 0) is 40.6 Å². The molecule has 244 valence electrons. The molecule has 3 aromatic carbocycles. The van der Waals surface area contributed by atoms with Crippen molar-refractivity contribution < 1.29 is 41.4 Å². The van der Waals surface area contributed by atoms with E-state index in [1.807, 2.05) is 6.07 Å². The standard InChI is InChI=1S/C32H40N2O9S2/c1-43-24-16-15-23(26(19-24)32(37)38)18-29(35)27(17-21-9-4-3-5-10-21)33-31(36)28(34-44(2,39)40)20-45(41,42)30-14-8-12-22-11-6-7-13-25(22)30/h3-14,23-24,26-29,34-35H,15-20H2,1-2H3,(H,33,36)(H,37,38). The first kappa shape index (κ1) is 34.5. The number of methoxy groups -OCH3 is 1. The Morgan fingerprint density at radius 2 is 1.62 bits per heavy atom. The van der Waals surface area contributed by atoms with Crippen molar-refractivity contribution in [1.29, 1.82) is 0 Å². The van der Waals surface area contributed by atoms with Gasteiger partial charge in [-0.25, -0.2) is 21.6 Å². The first-order chi connectivity index (χ1) is 21.3. The van der Waals surface area contributed by atoms with Gasteiger partial charge in [-0.2, -0.15) is 0 Å². The van der Waals surface area contributed by atoms with E-state index < -0.39 is 67.5 Å². The third kappa shape index (κ3) is 9.33. The van der Waals surface area contributed by atoms with Gasteiger partial charge in [-0.1, -0.05) is 66.7 Å². The predicted octanol–water partition coefficient (Wildman–Crippen LogP) is 2.53. The lowest BCUT2D eigenvalue weighted by molar-refractivity contribution is -0.148. The van der Waals surface area contributed by atoms with Crippen LogP contribution in [0.5, 0.6) is 0 Å². The summed E-state index contributed by atoms with van der Waals surface area (Å²) in [6.45, 7) is 0. The summed E-state index contributed by atoms with van der Waals surface area (Å²) < 4.78 is 59.4. The van der Waals surface area contributed by atoms with Gasteiger partial charge in [0.05, 0.1) is 41.1 Å². The van der Waals surface area contributed by atoms with Crippen LogP contribution in [0.15, 0.2) is 77.7 Å². The Morgan fingerprint density at radius 1 is 0.956 bits per heavy atom. The quantitative estimate of drug-likeness (QED) is 0.202. The molecule has 6 unspecified atom stereocenters. The largest absolute Gasteiger partial charge is 0.481 e. The number of fused-ring (bicyclic) bond motifs is 1. The summed E-state index contributed by atoms with van der Waals surface area (Å²) in [6, 6.07) is 17.9. The van der Waals surface area contributed by atoms with E-state index in [9.17, 15) is 36.6 Å². The summed E-state index contributed by atoms with van der Waals surface area (Å²) in [5, 5.41) is 25.1. The number of benzene rings is 3. The maximum Gasteiger partial charge on any atom is 0.306 e. The highest BCUT2D eigenvalue weighted by atomic mass is 32.2. The van der Waals surface area contributed by atoms with Crippen LogP contribution in [0.2, 0.25) is 0 Å². The fraction of sp³-hybridized carbons (Fsp3) is 0.438. The number of ether oxygens (including phenoxy) is 1. The van der Waals surface area contributed by atoms with Gasteiger partial charge in [0.2, 0.25) is 15.9 Å². The Kier molecular flexibility index (Phi) is 11.4. The van der Waals surface area contributed by atoms with E-state index >= 15 is 0 Å². The maximum absolute atomic E-state index is 13.7. The van der Waals surface area contributed by atoms with Crippen molar-refractivity contribution in [3.05, 3.63) is 78.4 Å². The van der Waals surface area contributed by atoms with Crippen LogP contribution in [0.4, 0.5) is 0 Å². The van der Waals surface area contributed by atoms with Crippen molar-refractivity contribution in [2.24, 2.45) is 11.8 Å². The van der Waals surface area contributed by atoms with Gasteiger partial charge in [-0.05, 0) is 55.0 Å². The summed E-state index contributed by atoms with van der Waals surface area (Å²) in [5.41, 5.74) is 0.760. The Morgan fingerprint density at radius 3 is 2.29 bits per heavy atom. The number of carboxylic acids is 1. The Bertz CT molecular complexity index is 1690. The number of carbonyl (C=O) groups excluding carboxylic acids is 1. The Hall–Kier alpha value is -3.36. The van der Waals surface area contributed by atoms with Gasteiger partial charge in [0.1, 0.15) is 6.04 Å². The molecule has 6 atom stereocenters. The lowest BCUT2D eigenvalue weighted by Crippen LogP contribution is -2.55. The zero-order valence-corrected chi connectivity index (χ0v) is 26.8.